The van der Waals surface area contributed by atoms with Crippen LogP contribution in [0, 0.1) is 25.0 Å². The van der Waals surface area contributed by atoms with Gasteiger partial charge < -0.3 is 20.9 Å². The number of carbonyl (C=O) groups is 2. The fraction of sp³-hybridized carbons (Fsp3) is 0.373. The van der Waals surface area contributed by atoms with Crippen molar-refractivity contribution in [2.75, 3.05) is 31.1 Å². The van der Waals surface area contributed by atoms with E-state index in [0.29, 0.717) is 51.9 Å². The Kier molecular flexibility index (Phi) is 24.4. The van der Waals surface area contributed by atoms with Gasteiger partial charge in [0.2, 0.25) is 10.0 Å². The number of rotatable bonds is 18. The van der Waals surface area contributed by atoms with Crippen LogP contribution in [0.1, 0.15) is 129 Å². The van der Waals surface area contributed by atoms with Crippen LogP contribution in [0.3, 0.4) is 0 Å². The Bertz CT molecular complexity index is 3790. The highest BCUT2D eigenvalue weighted by Gasteiger charge is 2.42. The lowest BCUT2D eigenvalue weighted by atomic mass is 10.0. The molecule has 3 aromatic carbocycles. The number of sulfone groups is 2. The Labute approximate surface area is 499 Å². The number of hydrogen-bond acceptors (Lipinski definition) is 15. The summed E-state index contributed by atoms with van der Waals surface area (Å²) in [6.07, 6.45) is 4.37. The fourth-order valence-electron chi connectivity index (χ4n) is 8.84. The van der Waals surface area contributed by atoms with Crippen LogP contribution >= 0.6 is 10.7 Å². The SMILES string of the molecule is CCN(CC)CC.CCS(=O)(=O)c1ccc(CNC(=O)c2cnc3c(c2)CN[C@H]3C(C)C)nc1.[C-]#[N+]c1ccc(S(=O)(=O)Cl)cc1.[C-]#[N+]c1ccc(S(=O)(=O)N2Cc3cc(C(=O)NCc4ccc(S(=O)(=O)CC)cc4)cnc3[C@@H]2C(C)C)cc1. The van der Waals surface area contributed by atoms with Gasteiger partial charge in [0.25, 0.3) is 20.9 Å². The third kappa shape index (κ3) is 17.8. The van der Waals surface area contributed by atoms with Crippen molar-refractivity contribution in [2.45, 2.75) is 120 Å². The van der Waals surface area contributed by atoms with Crippen LogP contribution in [0.5, 0.6) is 0 Å². The van der Waals surface area contributed by atoms with Gasteiger partial charge in [-0.25, -0.2) is 43.4 Å². The smallest absolute Gasteiger partial charge is 0.261 e. The number of pyridine rings is 3. The highest BCUT2D eigenvalue weighted by Crippen LogP contribution is 2.41. The molecule has 0 radical (unpaired) electrons. The van der Waals surface area contributed by atoms with Gasteiger partial charge >= 0.3 is 0 Å². The quantitative estimate of drug-likeness (QED) is 0.0534. The summed E-state index contributed by atoms with van der Waals surface area (Å²) in [7, 11) is -9.05. The molecule has 2 atom stereocenters. The van der Waals surface area contributed by atoms with Gasteiger partial charge in [-0.1, -0.05) is 123 Å². The van der Waals surface area contributed by atoms with E-state index in [1.165, 1.54) is 103 Å². The number of halogens is 1. The fourth-order valence-corrected chi connectivity index (χ4v) is 13.0. The van der Waals surface area contributed by atoms with E-state index in [2.05, 4.69) is 80.1 Å². The highest BCUT2D eigenvalue weighted by atomic mass is 35.7. The van der Waals surface area contributed by atoms with Crippen LogP contribution < -0.4 is 16.0 Å². The average Bonchev–Trinajstić information content (AvgIpc) is 2.40. The van der Waals surface area contributed by atoms with Crippen molar-refractivity contribution in [1.82, 2.24) is 40.1 Å². The van der Waals surface area contributed by atoms with Crippen molar-refractivity contribution in [2.24, 2.45) is 11.8 Å². The lowest BCUT2D eigenvalue weighted by molar-refractivity contribution is 0.0942. The zero-order chi connectivity index (χ0) is 62.2. The first kappa shape index (κ1) is 67.8. The minimum atomic E-state index is -3.87. The van der Waals surface area contributed by atoms with E-state index < -0.39 is 44.8 Å². The predicted molar refractivity (Wildman–Crippen MR) is 324 cm³/mol. The molecule has 20 nitrogen and oxygen atoms in total. The van der Waals surface area contributed by atoms with Gasteiger partial charge in [0.1, 0.15) is 0 Å². The van der Waals surface area contributed by atoms with E-state index in [1.54, 1.807) is 44.3 Å². The Balaban J connectivity index is 0.000000241. The molecule has 5 heterocycles. The summed E-state index contributed by atoms with van der Waals surface area (Å²) >= 11 is 0. The molecule has 0 bridgehead atoms. The number of aromatic nitrogens is 3. The zero-order valence-corrected chi connectivity index (χ0v) is 52.4. The molecule has 25 heteroatoms. The standard InChI is InChI=1S/C27H28N4O5S2.C19H24N4O3S.C7H4ClNO2S.C6H15N/c1-5-37(33,34)23-10-6-19(7-11-23)15-30-27(32)20-14-21-17-31(26(18(2)3)25(21)29-16-20)38(35,36)24-12-8-22(28-4)9-13-24;1-4-27(25,26)16-6-5-15(20-11-16)10-23-19(24)14-7-13-8-21-17(12(2)3)18(13)22-9-14;1-9-6-2-4-7(5-3-6)12(8,10)11;1-4-7(5-2)6-3/h6-14,16,18,26H,5,15,17H2,1-3H3,(H,30,32);5-7,9,11-12,17,21H,4,8,10H2,1-3H3,(H,23,24);2-5H;4-6H2,1-3H3/t26-;17-;;/m00../s1. The normalized spacial score (nSPS) is 14.8. The largest absolute Gasteiger partial charge is 0.348 e. The molecule has 3 N–H and O–H groups in total. The Hall–Kier alpha value is -7.00. The van der Waals surface area contributed by atoms with Gasteiger partial charge in [-0.15, -0.1) is 0 Å². The summed E-state index contributed by atoms with van der Waals surface area (Å²) in [5.74, 6) is -0.195. The molecule has 0 fully saturated rings. The molecular formula is C59H71ClN10O10S4. The van der Waals surface area contributed by atoms with Crippen molar-refractivity contribution in [3.63, 3.8) is 0 Å². The van der Waals surface area contributed by atoms with Crippen LogP contribution in [-0.4, -0.2) is 101 Å². The third-order valence-electron chi connectivity index (χ3n) is 13.8. The summed E-state index contributed by atoms with van der Waals surface area (Å²) in [6, 6.07) is 24.0. The number of hydrogen-bond donors (Lipinski definition) is 3. The minimum absolute atomic E-state index is 0.0107. The van der Waals surface area contributed by atoms with Gasteiger partial charge in [-0.3, -0.25) is 24.5 Å². The lowest BCUT2D eigenvalue weighted by Gasteiger charge is -2.27. The predicted octanol–water partition coefficient (Wildman–Crippen LogP) is 9.77. The number of sulfonamides is 1. The molecule has 6 aromatic rings. The van der Waals surface area contributed by atoms with Crippen LogP contribution in [0.15, 0.2) is 135 Å². The van der Waals surface area contributed by atoms with E-state index in [9.17, 15) is 43.3 Å². The molecule has 0 spiro atoms. The maximum atomic E-state index is 13.5. The molecule has 0 saturated heterocycles. The second-order valence-corrected chi connectivity index (χ2v) is 29.0. The lowest BCUT2D eigenvalue weighted by Crippen LogP contribution is -2.32. The van der Waals surface area contributed by atoms with Gasteiger partial charge in [0.15, 0.2) is 31.0 Å². The molecule has 2 amide bonds. The first-order valence-electron chi connectivity index (χ1n) is 27.1. The number of benzene rings is 3. The Morgan fingerprint density at radius 3 is 1.55 bits per heavy atom. The Morgan fingerprint density at radius 1 is 0.619 bits per heavy atom. The first-order chi connectivity index (χ1) is 39.7. The van der Waals surface area contributed by atoms with Crippen LogP contribution in [-0.2, 0) is 64.9 Å². The number of carbonyl (C=O) groups excluding carboxylic acids is 2. The van der Waals surface area contributed by atoms with Crippen LogP contribution in [0.4, 0.5) is 11.4 Å². The minimum Gasteiger partial charge on any atom is -0.348 e. The molecule has 2 aliphatic rings. The van der Waals surface area contributed by atoms with Gasteiger partial charge in [-0.05, 0) is 84.6 Å². The topological polar surface area (TPSA) is 261 Å². The van der Waals surface area contributed by atoms with Crippen molar-refractivity contribution in [3.8, 4) is 0 Å². The molecule has 448 valence electrons. The van der Waals surface area contributed by atoms with E-state index in [0.717, 1.165) is 16.8 Å². The first-order valence-corrected chi connectivity index (χ1v) is 34.1. The molecule has 8 rings (SSSR count). The molecule has 0 aliphatic carbocycles. The zero-order valence-electron chi connectivity index (χ0n) is 48.4. The van der Waals surface area contributed by atoms with Crippen molar-refractivity contribution >= 4 is 72.6 Å². The summed E-state index contributed by atoms with van der Waals surface area (Å²) in [5.41, 5.74) is 6.22. The third-order valence-corrected chi connectivity index (χ3v) is 20.5. The highest BCUT2D eigenvalue weighted by molar-refractivity contribution is 8.13. The van der Waals surface area contributed by atoms with Crippen molar-refractivity contribution in [3.05, 3.63) is 183 Å². The second kappa shape index (κ2) is 30.2. The molecule has 3 aromatic heterocycles. The molecule has 2 aliphatic heterocycles. The number of nitrogens with zero attached hydrogens (tertiary/aromatic N) is 7. The summed E-state index contributed by atoms with van der Waals surface area (Å²) < 4.78 is 97.4. The van der Waals surface area contributed by atoms with Crippen molar-refractivity contribution in [1.29, 1.82) is 0 Å². The maximum Gasteiger partial charge on any atom is 0.261 e. The molecule has 0 unspecified atom stereocenters. The van der Waals surface area contributed by atoms with Crippen LogP contribution in [0.25, 0.3) is 9.69 Å². The molecular weight excluding hydrogens is 1170 g/mol. The van der Waals surface area contributed by atoms with Crippen LogP contribution in [0.2, 0.25) is 0 Å². The van der Waals surface area contributed by atoms with Crippen molar-refractivity contribution < 1.29 is 43.3 Å². The van der Waals surface area contributed by atoms with E-state index in [-0.39, 0.29) is 74.5 Å². The second-order valence-electron chi connectivity index (χ2n) is 19.9. The van der Waals surface area contributed by atoms with Gasteiger partial charge in [-0.2, -0.15) is 4.31 Å². The monoisotopic (exact) mass is 1240 g/mol. The number of fused-ring (bicyclic) bond motifs is 2. The summed E-state index contributed by atoms with van der Waals surface area (Å²) in [4.78, 5) is 47.7. The molecule has 0 saturated carbocycles. The van der Waals surface area contributed by atoms with E-state index >= 15 is 0 Å². The average molecular weight is 1240 g/mol. The maximum absolute atomic E-state index is 13.5. The molecule has 84 heavy (non-hydrogen) atoms. The van der Waals surface area contributed by atoms with E-state index in [4.69, 9.17) is 23.8 Å². The number of amides is 2. The van der Waals surface area contributed by atoms with Gasteiger partial charge in [0.05, 0.1) is 91.1 Å². The summed E-state index contributed by atoms with van der Waals surface area (Å²) in [5, 5.41) is 9.02. The Morgan fingerprint density at radius 2 is 1.10 bits per heavy atom. The van der Waals surface area contributed by atoms with Gasteiger partial charge in [0, 0.05) is 48.9 Å². The van der Waals surface area contributed by atoms with E-state index in [1.807, 2.05) is 19.9 Å². The summed E-state index contributed by atoms with van der Waals surface area (Å²) in [6.45, 7) is 36.3. The number of nitrogens with one attached hydrogen (secondary N) is 3.